The lowest BCUT2D eigenvalue weighted by atomic mass is 10.2. The fraction of sp³-hybridized carbons (Fsp3) is 0.524. The van der Waals surface area contributed by atoms with Crippen LogP contribution in [0.25, 0.3) is 21.9 Å². The fourth-order valence-electron chi connectivity index (χ4n) is 3.34. The zero-order valence-corrected chi connectivity index (χ0v) is 16.7. The van der Waals surface area contributed by atoms with Gasteiger partial charge in [-0.25, -0.2) is 15.4 Å². The lowest BCUT2D eigenvalue weighted by Crippen LogP contribution is -2.23. The Bertz CT molecular complexity index is 887. The number of benzene rings is 1. The third-order valence-electron chi connectivity index (χ3n) is 4.64. The van der Waals surface area contributed by atoms with E-state index < -0.39 is 0 Å². The number of pyridine rings is 1. The molecule has 0 unspecified atom stereocenters. The van der Waals surface area contributed by atoms with Crippen LogP contribution in [0, 0.1) is 0 Å². The van der Waals surface area contributed by atoms with Crippen molar-refractivity contribution in [2.45, 2.75) is 65.5 Å². The van der Waals surface area contributed by atoms with Gasteiger partial charge in [0, 0.05) is 24.4 Å². The number of para-hydroxylation sites is 1. The van der Waals surface area contributed by atoms with Gasteiger partial charge in [0.1, 0.15) is 11.3 Å². The second-order valence-corrected chi connectivity index (χ2v) is 7.32. The second kappa shape index (κ2) is 9.15. The molecule has 0 aliphatic rings. The summed E-state index contributed by atoms with van der Waals surface area (Å²) in [4.78, 5) is 14.9. The van der Waals surface area contributed by atoms with E-state index in [1.165, 1.54) is 0 Å². The highest BCUT2D eigenvalue weighted by atomic mass is 16.6. The van der Waals surface area contributed by atoms with Crippen molar-refractivity contribution in [1.29, 1.82) is 0 Å². The van der Waals surface area contributed by atoms with Crippen molar-refractivity contribution in [1.82, 2.24) is 20.0 Å². The monoisotopic (exact) mass is 369 g/mol. The number of aryl methyl sites for hydroxylation is 2. The summed E-state index contributed by atoms with van der Waals surface area (Å²) in [5.41, 5.74) is 12.1. The first kappa shape index (κ1) is 19.6. The molecule has 3 aromatic rings. The predicted octanol–water partition coefficient (Wildman–Crippen LogP) is 4.22. The van der Waals surface area contributed by atoms with Crippen LogP contribution in [0.2, 0.25) is 0 Å². The maximum Gasteiger partial charge on any atom is 0.152 e. The van der Waals surface area contributed by atoms with Gasteiger partial charge < -0.3 is 15.1 Å². The Labute approximate surface area is 161 Å². The van der Waals surface area contributed by atoms with E-state index in [-0.39, 0.29) is 0 Å². The lowest BCUT2D eigenvalue weighted by molar-refractivity contribution is 0.0216. The molecular formula is C21H31N5O. The van der Waals surface area contributed by atoms with E-state index in [4.69, 9.17) is 15.6 Å². The quantitative estimate of drug-likeness (QED) is 0.413. The molecule has 146 valence electrons. The van der Waals surface area contributed by atoms with Gasteiger partial charge in [-0.05, 0) is 39.2 Å². The van der Waals surface area contributed by atoms with Crippen molar-refractivity contribution in [2.24, 2.45) is 0 Å². The lowest BCUT2D eigenvalue weighted by Gasteiger charge is -2.12. The molecule has 0 fully saturated rings. The maximum absolute atomic E-state index is 6.24. The third kappa shape index (κ3) is 4.57. The van der Waals surface area contributed by atoms with Crippen molar-refractivity contribution in [3.05, 3.63) is 30.1 Å². The van der Waals surface area contributed by atoms with Crippen molar-refractivity contribution < 1.29 is 4.84 Å². The average molecular weight is 370 g/mol. The number of hydroxylamine groups is 1. The van der Waals surface area contributed by atoms with Crippen LogP contribution in [0.1, 0.15) is 52.3 Å². The molecule has 27 heavy (non-hydrogen) atoms. The number of hydrogen-bond acceptors (Lipinski definition) is 5. The van der Waals surface area contributed by atoms with Gasteiger partial charge in [0.25, 0.3) is 0 Å². The van der Waals surface area contributed by atoms with Crippen LogP contribution in [0.15, 0.2) is 24.3 Å². The number of nitrogens with two attached hydrogens (primary N) is 1. The molecule has 2 heterocycles. The molecular weight excluding hydrogens is 338 g/mol. The molecule has 6 heteroatoms. The summed E-state index contributed by atoms with van der Waals surface area (Å²) in [5, 5.41) is 1.12. The van der Waals surface area contributed by atoms with Gasteiger partial charge in [0.15, 0.2) is 5.82 Å². The summed E-state index contributed by atoms with van der Waals surface area (Å²) in [6, 6.07) is 8.51. The van der Waals surface area contributed by atoms with Crippen LogP contribution < -0.4 is 11.2 Å². The van der Waals surface area contributed by atoms with Gasteiger partial charge in [-0.3, -0.25) is 0 Å². The minimum absolute atomic E-state index is 0.338. The molecule has 0 amide bonds. The van der Waals surface area contributed by atoms with E-state index in [0.29, 0.717) is 18.5 Å². The first-order valence-corrected chi connectivity index (χ1v) is 10.0. The smallest absolute Gasteiger partial charge is 0.152 e. The van der Waals surface area contributed by atoms with Gasteiger partial charge in [0.05, 0.1) is 17.6 Å². The summed E-state index contributed by atoms with van der Waals surface area (Å²) in [6.07, 6.45) is 5.25. The fourth-order valence-corrected chi connectivity index (χ4v) is 3.34. The summed E-state index contributed by atoms with van der Waals surface area (Å²) < 4.78 is 2.35. The Morgan fingerprint density at radius 3 is 2.74 bits per heavy atom. The molecule has 3 N–H and O–H groups in total. The number of nitrogen functional groups attached to an aromatic ring is 1. The summed E-state index contributed by atoms with van der Waals surface area (Å²) >= 11 is 0. The molecule has 0 atom stereocenters. The van der Waals surface area contributed by atoms with Gasteiger partial charge >= 0.3 is 0 Å². The third-order valence-corrected chi connectivity index (χ3v) is 4.64. The largest absolute Gasteiger partial charge is 0.382 e. The van der Waals surface area contributed by atoms with E-state index >= 15 is 0 Å². The van der Waals surface area contributed by atoms with Crippen LogP contribution in [-0.4, -0.2) is 27.2 Å². The predicted molar refractivity (Wildman–Crippen MR) is 112 cm³/mol. The van der Waals surface area contributed by atoms with Crippen LogP contribution in [-0.2, 0) is 17.8 Å². The number of aromatic nitrogens is 3. The molecule has 0 aliphatic carbocycles. The zero-order valence-electron chi connectivity index (χ0n) is 16.7. The molecule has 0 aliphatic heterocycles. The van der Waals surface area contributed by atoms with Crippen LogP contribution in [0.5, 0.6) is 0 Å². The second-order valence-electron chi connectivity index (χ2n) is 7.32. The standard InChI is InChI=1S/C21H31N5O/c1-4-5-12-18-24-19-20(16-10-6-7-11-17(16)23-21(19)22)26(18)13-8-9-14-27-25-15(2)3/h6-7,10-11,15,25H,4-5,8-9,12-14H2,1-3H3,(H2,22,23). The van der Waals surface area contributed by atoms with Crippen LogP contribution in [0.3, 0.4) is 0 Å². The number of hydrogen-bond donors (Lipinski definition) is 2. The topological polar surface area (TPSA) is 78.0 Å². The van der Waals surface area contributed by atoms with E-state index in [0.717, 1.165) is 66.4 Å². The zero-order chi connectivity index (χ0) is 19.2. The molecule has 0 saturated heterocycles. The van der Waals surface area contributed by atoms with Gasteiger partial charge in [0.2, 0.25) is 0 Å². The van der Waals surface area contributed by atoms with E-state index in [1.807, 2.05) is 18.2 Å². The Hall–Kier alpha value is -2.18. The number of unbranched alkanes of at least 4 members (excludes halogenated alkanes) is 2. The molecule has 1 aromatic carbocycles. The van der Waals surface area contributed by atoms with Crippen molar-refractivity contribution in [3.63, 3.8) is 0 Å². The highest BCUT2D eigenvalue weighted by Gasteiger charge is 2.16. The molecule has 3 rings (SSSR count). The number of imidazole rings is 1. The number of anilines is 1. The minimum Gasteiger partial charge on any atom is -0.382 e. The Morgan fingerprint density at radius 1 is 1.15 bits per heavy atom. The Balaban J connectivity index is 1.88. The summed E-state index contributed by atoms with van der Waals surface area (Å²) in [7, 11) is 0. The average Bonchev–Trinajstić information content (AvgIpc) is 3.02. The maximum atomic E-state index is 6.24. The van der Waals surface area contributed by atoms with E-state index in [9.17, 15) is 0 Å². The van der Waals surface area contributed by atoms with E-state index in [1.54, 1.807) is 0 Å². The van der Waals surface area contributed by atoms with E-state index in [2.05, 4.69) is 41.9 Å². The number of rotatable bonds is 10. The van der Waals surface area contributed by atoms with Gasteiger partial charge in [-0.1, -0.05) is 31.5 Å². The number of nitrogens with one attached hydrogen (secondary N) is 1. The van der Waals surface area contributed by atoms with Crippen LogP contribution in [0.4, 0.5) is 5.82 Å². The molecule has 0 radical (unpaired) electrons. The normalized spacial score (nSPS) is 11.9. The Morgan fingerprint density at radius 2 is 1.96 bits per heavy atom. The van der Waals surface area contributed by atoms with Crippen molar-refractivity contribution in [2.75, 3.05) is 12.3 Å². The summed E-state index contributed by atoms with van der Waals surface area (Å²) in [5.74, 6) is 1.63. The van der Waals surface area contributed by atoms with Crippen LogP contribution >= 0.6 is 0 Å². The number of fused-ring (bicyclic) bond motifs is 3. The molecule has 0 spiro atoms. The molecule has 0 saturated carbocycles. The van der Waals surface area contributed by atoms with Crippen molar-refractivity contribution >= 4 is 27.8 Å². The molecule has 6 nitrogen and oxygen atoms in total. The first-order valence-electron chi connectivity index (χ1n) is 10.0. The molecule has 2 aromatic heterocycles. The summed E-state index contributed by atoms with van der Waals surface area (Å²) in [6.45, 7) is 7.97. The number of nitrogens with zero attached hydrogens (tertiary/aromatic N) is 3. The molecule has 0 bridgehead atoms. The first-order chi connectivity index (χ1) is 13.1. The van der Waals surface area contributed by atoms with Gasteiger partial charge in [-0.15, -0.1) is 0 Å². The van der Waals surface area contributed by atoms with Crippen molar-refractivity contribution in [3.8, 4) is 0 Å². The Kier molecular flexibility index (Phi) is 6.63. The highest BCUT2D eigenvalue weighted by Crippen LogP contribution is 2.29. The minimum atomic E-state index is 0.338. The van der Waals surface area contributed by atoms with Gasteiger partial charge in [-0.2, -0.15) is 0 Å². The SMILES string of the molecule is CCCCc1nc2c(N)nc3ccccc3c2n1CCCCONC(C)C. The highest BCUT2D eigenvalue weighted by molar-refractivity contribution is 6.06.